The van der Waals surface area contributed by atoms with Gasteiger partial charge in [-0.1, -0.05) is 0 Å². The Bertz CT molecular complexity index is 350. The third-order valence-electron chi connectivity index (χ3n) is 2.43. The molecule has 2 rings (SSSR count). The number of thiophene rings is 1. The number of nitrogens with one attached hydrogen (secondary N) is 2. The van der Waals surface area contributed by atoms with Crippen LogP contribution in [0.25, 0.3) is 0 Å². The van der Waals surface area contributed by atoms with Crippen molar-refractivity contribution in [3.8, 4) is 5.75 Å². The minimum atomic E-state index is -0.00278. The van der Waals surface area contributed by atoms with Gasteiger partial charge in [-0.2, -0.15) is 0 Å². The summed E-state index contributed by atoms with van der Waals surface area (Å²) in [6, 6.07) is 2.04. The zero-order valence-corrected chi connectivity index (χ0v) is 10.6. The fourth-order valence-electron chi connectivity index (χ4n) is 1.58. The van der Waals surface area contributed by atoms with Gasteiger partial charge in [0, 0.05) is 24.0 Å². The van der Waals surface area contributed by atoms with Crippen LogP contribution in [0, 0.1) is 0 Å². The maximum atomic E-state index is 11.7. The number of ether oxygens (including phenoxy) is 1. The molecule has 1 aromatic heterocycles. The van der Waals surface area contributed by atoms with Gasteiger partial charge in [0.05, 0.1) is 12.0 Å². The van der Waals surface area contributed by atoms with Gasteiger partial charge < -0.3 is 15.4 Å². The molecule has 1 unspecified atom stereocenters. The highest BCUT2D eigenvalue weighted by Crippen LogP contribution is 2.21. The zero-order valence-electron chi connectivity index (χ0n) is 8.99. The van der Waals surface area contributed by atoms with Gasteiger partial charge in [0.1, 0.15) is 5.75 Å². The Morgan fingerprint density at radius 1 is 1.69 bits per heavy atom. The van der Waals surface area contributed by atoms with Crippen molar-refractivity contribution in [3.05, 3.63) is 16.3 Å². The number of methoxy groups -OCH3 is 1. The summed E-state index contributed by atoms with van der Waals surface area (Å²) in [7, 11) is 1.60. The number of hydrogen-bond acceptors (Lipinski definition) is 4. The molecule has 0 radical (unpaired) electrons. The van der Waals surface area contributed by atoms with E-state index in [2.05, 4.69) is 10.6 Å². The summed E-state index contributed by atoms with van der Waals surface area (Å²) >= 11 is 1.41. The molecule has 1 saturated heterocycles. The first kappa shape index (κ1) is 13.3. The van der Waals surface area contributed by atoms with Crippen LogP contribution in [-0.4, -0.2) is 32.1 Å². The minimum absolute atomic E-state index is 0. The average molecular weight is 263 g/mol. The van der Waals surface area contributed by atoms with Crippen molar-refractivity contribution in [1.82, 2.24) is 10.6 Å². The van der Waals surface area contributed by atoms with Crippen molar-refractivity contribution >= 4 is 29.7 Å². The Morgan fingerprint density at radius 2 is 2.50 bits per heavy atom. The van der Waals surface area contributed by atoms with Crippen LogP contribution in [0.2, 0.25) is 0 Å². The molecule has 90 valence electrons. The van der Waals surface area contributed by atoms with E-state index in [-0.39, 0.29) is 24.4 Å². The van der Waals surface area contributed by atoms with E-state index in [1.54, 1.807) is 13.2 Å². The quantitative estimate of drug-likeness (QED) is 0.863. The molecule has 1 aliphatic heterocycles. The smallest absolute Gasteiger partial charge is 0.261 e. The normalized spacial score (nSPS) is 18.9. The Labute approximate surface area is 105 Å². The lowest BCUT2D eigenvalue weighted by atomic mass is 10.2. The van der Waals surface area contributed by atoms with Crippen molar-refractivity contribution in [3.63, 3.8) is 0 Å². The lowest BCUT2D eigenvalue weighted by molar-refractivity contribution is 0.0944. The fourth-order valence-corrected chi connectivity index (χ4v) is 2.34. The van der Waals surface area contributed by atoms with Crippen molar-refractivity contribution in [2.45, 2.75) is 12.5 Å². The average Bonchev–Trinajstić information content (AvgIpc) is 2.86. The van der Waals surface area contributed by atoms with Crippen molar-refractivity contribution in [2.24, 2.45) is 0 Å². The Balaban J connectivity index is 0.00000128. The molecule has 4 nitrogen and oxygen atoms in total. The molecule has 16 heavy (non-hydrogen) atoms. The first-order chi connectivity index (χ1) is 7.29. The van der Waals surface area contributed by atoms with Crippen molar-refractivity contribution in [2.75, 3.05) is 20.2 Å². The monoisotopic (exact) mass is 262 g/mol. The van der Waals surface area contributed by atoms with Gasteiger partial charge in [-0.05, 0) is 13.0 Å². The molecule has 1 fully saturated rings. The molecule has 1 amide bonds. The van der Waals surface area contributed by atoms with Gasteiger partial charge in [-0.3, -0.25) is 4.79 Å². The molecule has 6 heteroatoms. The standard InChI is InChI=1S/C10H14N2O2S.ClH/c1-14-8-4-9(15-6-8)10(13)12-7-2-3-11-5-7;/h4,6-7,11H,2-3,5H2,1H3,(H,12,13);1H. The Hall–Kier alpha value is -0.780. The zero-order chi connectivity index (χ0) is 10.7. The van der Waals surface area contributed by atoms with Crippen molar-refractivity contribution < 1.29 is 9.53 Å². The van der Waals surface area contributed by atoms with Crippen LogP contribution in [0.5, 0.6) is 5.75 Å². The number of rotatable bonds is 3. The first-order valence-electron chi connectivity index (χ1n) is 4.93. The molecular weight excluding hydrogens is 248 g/mol. The van der Waals surface area contributed by atoms with E-state index in [1.807, 2.05) is 5.38 Å². The predicted molar refractivity (Wildman–Crippen MR) is 66.9 cm³/mol. The number of amides is 1. The third-order valence-corrected chi connectivity index (χ3v) is 3.34. The maximum absolute atomic E-state index is 11.7. The number of halogens is 1. The highest BCUT2D eigenvalue weighted by atomic mass is 35.5. The second-order valence-corrected chi connectivity index (χ2v) is 4.43. The van der Waals surface area contributed by atoms with Crippen LogP contribution >= 0.6 is 23.7 Å². The molecule has 1 atom stereocenters. The van der Waals surface area contributed by atoms with Gasteiger partial charge in [0.2, 0.25) is 0 Å². The number of carbonyl (C=O) groups excluding carboxylic acids is 1. The molecule has 0 bridgehead atoms. The lowest BCUT2D eigenvalue weighted by Gasteiger charge is -2.09. The third kappa shape index (κ3) is 3.10. The largest absolute Gasteiger partial charge is 0.496 e. The predicted octanol–water partition coefficient (Wildman–Crippen LogP) is 1.27. The summed E-state index contributed by atoms with van der Waals surface area (Å²) in [6.07, 6.45) is 1.01. The summed E-state index contributed by atoms with van der Waals surface area (Å²) in [5, 5.41) is 8.03. The summed E-state index contributed by atoms with van der Waals surface area (Å²) in [6.45, 7) is 1.85. The Morgan fingerprint density at radius 3 is 3.06 bits per heavy atom. The van der Waals surface area contributed by atoms with Crippen LogP contribution < -0.4 is 15.4 Å². The maximum Gasteiger partial charge on any atom is 0.261 e. The molecule has 1 aliphatic rings. The highest BCUT2D eigenvalue weighted by molar-refractivity contribution is 7.12. The van der Waals surface area contributed by atoms with E-state index in [4.69, 9.17) is 4.74 Å². The van der Waals surface area contributed by atoms with E-state index in [1.165, 1.54) is 11.3 Å². The number of carbonyl (C=O) groups is 1. The summed E-state index contributed by atoms with van der Waals surface area (Å²) in [5.41, 5.74) is 0. The molecule has 0 spiro atoms. The molecule has 0 aliphatic carbocycles. The van der Waals surface area contributed by atoms with Crippen LogP contribution in [0.4, 0.5) is 0 Å². The van der Waals surface area contributed by atoms with Crippen LogP contribution in [0.1, 0.15) is 16.1 Å². The molecule has 0 saturated carbocycles. The van der Waals surface area contributed by atoms with E-state index in [0.29, 0.717) is 4.88 Å². The SMILES string of the molecule is COc1csc(C(=O)NC2CCNC2)c1.Cl. The first-order valence-corrected chi connectivity index (χ1v) is 5.81. The van der Waals surface area contributed by atoms with Crippen LogP contribution in [0.3, 0.4) is 0 Å². The number of hydrogen-bond donors (Lipinski definition) is 2. The van der Waals surface area contributed by atoms with Gasteiger partial charge in [0.25, 0.3) is 5.91 Å². The van der Waals surface area contributed by atoms with Gasteiger partial charge in [0.15, 0.2) is 0 Å². The highest BCUT2D eigenvalue weighted by Gasteiger charge is 2.18. The topological polar surface area (TPSA) is 50.4 Å². The minimum Gasteiger partial charge on any atom is -0.496 e. The van der Waals surface area contributed by atoms with Crippen LogP contribution in [0.15, 0.2) is 11.4 Å². The molecule has 2 heterocycles. The molecule has 2 N–H and O–H groups in total. The van der Waals surface area contributed by atoms with E-state index in [9.17, 15) is 4.79 Å². The van der Waals surface area contributed by atoms with Gasteiger partial charge >= 0.3 is 0 Å². The molecular formula is C10H15ClN2O2S. The van der Waals surface area contributed by atoms with E-state index in [0.717, 1.165) is 25.3 Å². The summed E-state index contributed by atoms with van der Waals surface area (Å²) in [4.78, 5) is 12.5. The van der Waals surface area contributed by atoms with Gasteiger partial charge in [-0.15, -0.1) is 23.7 Å². The lowest BCUT2D eigenvalue weighted by Crippen LogP contribution is -2.35. The molecule has 1 aromatic rings. The summed E-state index contributed by atoms with van der Waals surface area (Å²) < 4.78 is 5.03. The second kappa shape index (κ2) is 6.08. The van der Waals surface area contributed by atoms with E-state index < -0.39 is 0 Å². The van der Waals surface area contributed by atoms with Crippen LogP contribution in [-0.2, 0) is 0 Å². The summed E-state index contributed by atoms with van der Waals surface area (Å²) in [5.74, 6) is 0.742. The van der Waals surface area contributed by atoms with Gasteiger partial charge in [-0.25, -0.2) is 0 Å². The molecule has 0 aromatic carbocycles. The fraction of sp³-hybridized carbons (Fsp3) is 0.500. The van der Waals surface area contributed by atoms with E-state index >= 15 is 0 Å². The Kier molecular flexibility index (Phi) is 5.05. The van der Waals surface area contributed by atoms with Crippen molar-refractivity contribution in [1.29, 1.82) is 0 Å². The second-order valence-electron chi connectivity index (χ2n) is 3.51.